The average molecular weight is 236 g/mol. The Labute approximate surface area is 93.7 Å². The van der Waals surface area contributed by atoms with Crippen LogP contribution in [-0.2, 0) is 9.53 Å². The number of carbonyl (C=O) groups is 1. The van der Waals surface area contributed by atoms with Crippen LogP contribution in [0.2, 0.25) is 0 Å². The number of hydrogen-bond donors (Lipinski definition) is 2. The molecule has 16 heavy (non-hydrogen) atoms. The Kier molecular flexibility index (Phi) is 5.08. The predicted octanol–water partition coefficient (Wildman–Crippen LogP) is 0.384. The minimum Gasteiger partial charge on any atom is -0.384 e. The molecule has 0 aromatic carbocycles. The van der Waals surface area contributed by atoms with Crippen molar-refractivity contribution in [3.05, 3.63) is 0 Å². The van der Waals surface area contributed by atoms with Gasteiger partial charge in [-0.15, -0.1) is 0 Å². The second-order valence-electron chi connectivity index (χ2n) is 4.06. The molecular weight excluding hydrogens is 218 g/mol. The lowest BCUT2D eigenvalue weighted by Gasteiger charge is -2.35. The fourth-order valence-corrected chi connectivity index (χ4v) is 1.98. The highest BCUT2D eigenvalue weighted by Crippen LogP contribution is 2.29. The molecule has 0 atom stereocenters. The van der Waals surface area contributed by atoms with Gasteiger partial charge in [0.05, 0.1) is 18.6 Å². The number of rotatable bonds is 5. The maximum Gasteiger partial charge on any atom is 0.255 e. The Hall–Kier alpha value is -0.750. The molecule has 1 heterocycles. The van der Waals surface area contributed by atoms with Crippen LogP contribution in [-0.4, -0.2) is 45.7 Å². The standard InChI is InChI=1S/C10H18F2N2O2/c1-16-7-10(2-4-13-5-3-10)9(15)14-6-8(11)12/h8,13H,2-7H2,1H3,(H,14,15). The molecule has 0 spiro atoms. The summed E-state index contributed by atoms with van der Waals surface area (Å²) in [4.78, 5) is 11.9. The number of halogens is 2. The Morgan fingerprint density at radius 3 is 2.62 bits per heavy atom. The average Bonchev–Trinajstić information content (AvgIpc) is 2.27. The van der Waals surface area contributed by atoms with Crippen LogP contribution in [0.4, 0.5) is 8.78 Å². The van der Waals surface area contributed by atoms with Crippen molar-refractivity contribution in [1.82, 2.24) is 10.6 Å². The summed E-state index contributed by atoms with van der Waals surface area (Å²) < 4.78 is 29.1. The summed E-state index contributed by atoms with van der Waals surface area (Å²) in [6, 6.07) is 0. The van der Waals surface area contributed by atoms with Crippen LogP contribution < -0.4 is 10.6 Å². The fourth-order valence-electron chi connectivity index (χ4n) is 1.98. The monoisotopic (exact) mass is 236 g/mol. The molecule has 1 fully saturated rings. The lowest BCUT2D eigenvalue weighted by Crippen LogP contribution is -2.50. The maximum atomic E-state index is 12.0. The van der Waals surface area contributed by atoms with E-state index in [1.807, 2.05) is 0 Å². The lowest BCUT2D eigenvalue weighted by atomic mass is 9.78. The van der Waals surface area contributed by atoms with Crippen molar-refractivity contribution in [2.24, 2.45) is 5.41 Å². The Balaban J connectivity index is 2.57. The Morgan fingerprint density at radius 2 is 2.12 bits per heavy atom. The van der Waals surface area contributed by atoms with Gasteiger partial charge in [0.1, 0.15) is 0 Å². The number of methoxy groups -OCH3 is 1. The SMILES string of the molecule is COCC1(C(=O)NCC(F)F)CCNCC1. The normalized spacial score (nSPS) is 19.8. The van der Waals surface area contributed by atoms with E-state index in [9.17, 15) is 13.6 Å². The lowest BCUT2D eigenvalue weighted by molar-refractivity contribution is -0.136. The third kappa shape index (κ3) is 3.38. The summed E-state index contributed by atoms with van der Waals surface area (Å²) in [5.74, 6) is -0.323. The first kappa shape index (κ1) is 13.3. The van der Waals surface area contributed by atoms with Crippen LogP contribution in [0.3, 0.4) is 0 Å². The van der Waals surface area contributed by atoms with Crippen LogP contribution in [0.5, 0.6) is 0 Å². The van der Waals surface area contributed by atoms with Crippen molar-refractivity contribution in [3.8, 4) is 0 Å². The smallest absolute Gasteiger partial charge is 0.255 e. The Morgan fingerprint density at radius 1 is 1.50 bits per heavy atom. The summed E-state index contributed by atoms with van der Waals surface area (Å²) in [5, 5.41) is 5.41. The van der Waals surface area contributed by atoms with Crippen LogP contribution in [0, 0.1) is 5.41 Å². The number of piperidine rings is 1. The first-order valence-electron chi connectivity index (χ1n) is 5.37. The van der Waals surface area contributed by atoms with Crippen LogP contribution >= 0.6 is 0 Å². The van der Waals surface area contributed by atoms with E-state index in [-0.39, 0.29) is 12.5 Å². The molecule has 1 aliphatic heterocycles. The molecule has 1 rings (SSSR count). The Bertz CT molecular complexity index is 225. The number of ether oxygens (including phenoxy) is 1. The summed E-state index contributed by atoms with van der Waals surface area (Å²) in [6.45, 7) is 1.12. The highest BCUT2D eigenvalue weighted by molar-refractivity contribution is 5.83. The number of amides is 1. The molecule has 0 aliphatic carbocycles. The third-order valence-corrected chi connectivity index (χ3v) is 2.88. The molecule has 1 saturated heterocycles. The molecule has 6 heteroatoms. The van der Waals surface area contributed by atoms with Gasteiger partial charge in [0.25, 0.3) is 6.43 Å². The molecule has 0 unspecified atom stereocenters. The molecule has 1 amide bonds. The number of alkyl halides is 2. The van der Waals surface area contributed by atoms with E-state index in [1.54, 1.807) is 0 Å². The van der Waals surface area contributed by atoms with Gasteiger partial charge >= 0.3 is 0 Å². The van der Waals surface area contributed by atoms with Crippen molar-refractivity contribution in [2.45, 2.75) is 19.3 Å². The molecule has 0 saturated carbocycles. The van der Waals surface area contributed by atoms with E-state index in [4.69, 9.17) is 4.74 Å². The molecule has 4 nitrogen and oxygen atoms in total. The van der Waals surface area contributed by atoms with Crippen molar-refractivity contribution in [2.75, 3.05) is 33.4 Å². The van der Waals surface area contributed by atoms with E-state index in [2.05, 4.69) is 10.6 Å². The maximum absolute atomic E-state index is 12.0. The molecule has 94 valence electrons. The zero-order valence-corrected chi connectivity index (χ0v) is 9.39. The van der Waals surface area contributed by atoms with Crippen LogP contribution in [0.25, 0.3) is 0 Å². The first-order chi connectivity index (χ1) is 7.60. The summed E-state index contributed by atoms with van der Waals surface area (Å²) >= 11 is 0. The van der Waals surface area contributed by atoms with Gasteiger partial charge in [0.15, 0.2) is 0 Å². The number of nitrogens with one attached hydrogen (secondary N) is 2. The molecule has 0 aromatic rings. The summed E-state index contributed by atoms with van der Waals surface area (Å²) in [6.07, 6.45) is -1.27. The molecule has 1 aliphatic rings. The van der Waals surface area contributed by atoms with Crippen molar-refractivity contribution >= 4 is 5.91 Å². The molecular formula is C10H18F2N2O2. The van der Waals surface area contributed by atoms with Gasteiger partial charge in [-0.1, -0.05) is 0 Å². The largest absolute Gasteiger partial charge is 0.384 e. The second kappa shape index (κ2) is 6.10. The highest BCUT2D eigenvalue weighted by atomic mass is 19.3. The van der Waals surface area contributed by atoms with Crippen molar-refractivity contribution in [1.29, 1.82) is 0 Å². The van der Waals surface area contributed by atoms with Gasteiger partial charge in [0, 0.05) is 7.11 Å². The van der Waals surface area contributed by atoms with Gasteiger partial charge in [0.2, 0.25) is 5.91 Å². The summed E-state index contributed by atoms with van der Waals surface area (Å²) in [5.41, 5.74) is -0.644. The van der Waals surface area contributed by atoms with E-state index in [0.29, 0.717) is 25.9 Å². The van der Waals surface area contributed by atoms with E-state index in [1.165, 1.54) is 7.11 Å². The topological polar surface area (TPSA) is 50.4 Å². The quantitative estimate of drug-likeness (QED) is 0.725. The minimum absolute atomic E-state index is 0.281. The van der Waals surface area contributed by atoms with Crippen LogP contribution in [0.1, 0.15) is 12.8 Å². The molecule has 0 bridgehead atoms. The molecule has 2 N–H and O–H groups in total. The third-order valence-electron chi connectivity index (χ3n) is 2.88. The van der Waals surface area contributed by atoms with E-state index < -0.39 is 18.4 Å². The minimum atomic E-state index is -2.51. The second-order valence-corrected chi connectivity index (χ2v) is 4.06. The van der Waals surface area contributed by atoms with Gasteiger partial charge < -0.3 is 15.4 Å². The zero-order chi connectivity index (χ0) is 12.0. The van der Waals surface area contributed by atoms with Gasteiger partial charge in [-0.3, -0.25) is 4.79 Å². The first-order valence-corrected chi connectivity index (χ1v) is 5.37. The van der Waals surface area contributed by atoms with E-state index in [0.717, 1.165) is 0 Å². The van der Waals surface area contributed by atoms with E-state index >= 15 is 0 Å². The van der Waals surface area contributed by atoms with Gasteiger partial charge in [-0.2, -0.15) is 0 Å². The fraction of sp³-hybridized carbons (Fsp3) is 0.900. The highest BCUT2D eigenvalue weighted by Gasteiger charge is 2.39. The van der Waals surface area contributed by atoms with Gasteiger partial charge in [-0.05, 0) is 25.9 Å². The zero-order valence-electron chi connectivity index (χ0n) is 9.39. The predicted molar refractivity (Wildman–Crippen MR) is 55.4 cm³/mol. The van der Waals surface area contributed by atoms with Crippen LogP contribution in [0.15, 0.2) is 0 Å². The molecule has 0 aromatic heterocycles. The number of carbonyl (C=O) groups excluding carboxylic acids is 1. The van der Waals surface area contributed by atoms with Crippen molar-refractivity contribution in [3.63, 3.8) is 0 Å². The molecule has 0 radical (unpaired) electrons. The summed E-state index contributed by atoms with van der Waals surface area (Å²) in [7, 11) is 1.52. The number of hydrogen-bond acceptors (Lipinski definition) is 3. The van der Waals surface area contributed by atoms with Gasteiger partial charge in [-0.25, -0.2) is 8.78 Å². The van der Waals surface area contributed by atoms with Crippen molar-refractivity contribution < 1.29 is 18.3 Å².